The number of thiazole rings is 1. The second kappa shape index (κ2) is 5.67. The molecular weight excluding hydrogens is 254 g/mol. The Kier molecular flexibility index (Phi) is 3.56. The third-order valence-electron chi connectivity index (χ3n) is 2.73. The first-order chi connectivity index (χ1) is 9.42. The van der Waals surface area contributed by atoms with E-state index in [0.29, 0.717) is 6.61 Å². The molecule has 0 spiro atoms. The molecule has 3 rings (SSSR count). The summed E-state index contributed by atoms with van der Waals surface area (Å²) in [7, 11) is 0. The van der Waals surface area contributed by atoms with Crippen LogP contribution in [0.25, 0.3) is 11.3 Å². The standard InChI is InChI=1S/C16H13NOS/c1-3-7-13(8-4-1)15-12-19-16(17-15)11-18-14-9-5-2-6-10-14/h1-10,12H,11H2. The van der Waals surface area contributed by atoms with Crippen molar-refractivity contribution >= 4 is 11.3 Å². The van der Waals surface area contributed by atoms with Gasteiger partial charge in [0.2, 0.25) is 0 Å². The van der Waals surface area contributed by atoms with E-state index in [1.807, 2.05) is 48.5 Å². The number of hydrogen-bond acceptors (Lipinski definition) is 3. The van der Waals surface area contributed by atoms with Crippen molar-refractivity contribution in [3.8, 4) is 17.0 Å². The number of ether oxygens (including phenoxy) is 1. The summed E-state index contributed by atoms with van der Waals surface area (Å²) in [6.45, 7) is 0.515. The maximum absolute atomic E-state index is 5.69. The van der Waals surface area contributed by atoms with Crippen molar-refractivity contribution in [3.05, 3.63) is 71.1 Å². The lowest BCUT2D eigenvalue weighted by molar-refractivity contribution is 0.305. The molecule has 2 nitrogen and oxygen atoms in total. The van der Waals surface area contributed by atoms with Crippen LogP contribution in [0.2, 0.25) is 0 Å². The van der Waals surface area contributed by atoms with Crippen molar-refractivity contribution < 1.29 is 4.74 Å². The van der Waals surface area contributed by atoms with Gasteiger partial charge in [-0.25, -0.2) is 4.98 Å². The zero-order valence-electron chi connectivity index (χ0n) is 10.3. The van der Waals surface area contributed by atoms with Gasteiger partial charge in [0, 0.05) is 10.9 Å². The first-order valence-electron chi connectivity index (χ1n) is 6.09. The number of aromatic nitrogens is 1. The fraction of sp³-hybridized carbons (Fsp3) is 0.0625. The van der Waals surface area contributed by atoms with Crippen LogP contribution in [0.4, 0.5) is 0 Å². The minimum Gasteiger partial charge on any atom is -0.486 e. The Hall–Kier alpha value is -2.13. The summed E-state index contributed by atoms with van der Waals surface area (Å²) in [5, 5.41) is 3.06. The molecule has 1 heterocycles. The number of para-hydroxylation sites is 1. The molecular formula is C16H13NOS. The zero-order valence-corrected chi connectivity index (χ0v) is 11.1. The Labute approximate surface area is 116 Å². The van der Waals surface area contributed by atoms with E-state index in [2.05, 4.69) is 22.5 Å². The quantitative estimate of drug-likeness (QED) is 0.699. The third kappa shape index (κ3) is 3.01. The van der Waals surface area contributed by atoms with E-state index in [4.69, 9.17) is 4.74 Å². The molecule has 94 valence electrons. The first-order valence-corrected chi connectivity index (χ1v) is 6.97. The molecule has 0 unspecified atom stereocenters. The Balaban J connectivity index is 1.69. The van der Waals surface area contributed by atoms with Gasteiger partial charge in [0.25, 0.3) is 0 Å². The lowest BCUT2D eigenvalue weighted by Gasteiger charge is -2.02. The van der Waals surface area contributed by atoms with E-state index in [-0.39, 0.29) is 0 Å². The van der Waals surface area contributed by atoms with Gasteiger partial charge in [-0.3, -0.25) is 0 Å². The van der Waals surface area contributed by atoms with E-state index in [0.717, 1.165) is 22.0 Å². The van der Waals surface area contributed by atoms with Crippen molar-refractivity contribution in [1.29, 1.82) is 0 Å². The van der Waals surface area contributed by atoms with E-state index >= 15 is 0 Å². The van der Waals surface area contributed by atoms with Crippen molar-refractivity contribution in [2.75, 3.05) is 0 Å². The molecule has 0 aliphatic rings. The van der Waals surface area contributed by atoms with Crippen LogP contribution >= 0.6 is 11.3 Å². The Bertz CT molecular complexity index is 634. The van der Waals surface area contributed by atoms with Crippen LogP contribution < -0.4 is 4.74 Å². The first kappa shape index (κ1) is 11.9. The molecule has 0 N–H and O–H groups in total. The molecule has 0 radical (unpaired) electrons. The average Bonchev–Trinajstić information content (AvgIpc) is 2.96. The Morgan fingerprint density at radius 2 is 1.58 bits per heavy atom. The van der Waals surface area contributed by atoms with Gasteiger partial charge < -0.3 is 4.74 Å². The summed E-state index contributed by atoms with van der Waals surface area (Å²) < 4.78 is 5.69. The van der Waals surface area contributed by atoms with E-state index in [1.54, 1.807) is 11.3 Å². The van der Waals surface area contributed by atoms with Crippen molar-refractivity contribution in [2.24, 2.45) is 0 Å². The lowest BCUT2D eigenvalue weighted by atomic mass is 10.2. The van der Waals surface area contributed by atoms with Crippen LogP contribution in [0.15, 0.2) is 66.0 Å². The maximum atomic E-state index is 5.69. The Morgan fingerprint density at radius 3 is 2.32 bits per heavy atom. The molecule has 0 saturated carbocycles. The van der Waals surface area contributed by atoms with Gasteiger partial charge >= 0.3 is 0 Å². The second-order valence-corrected chi connectivity index (χ2v) is 5.04. The Morgan fingerprint density at radius 1 is 0.895 bits per heavy atom. The summed E-state index contributed by atoms with van der Waals surface area (Å²) >= 11 is 1.63. The molecule has 0 saturated heterocycles. The summed E-state index contributed by atoms with van der Waals surface area (Å²) in [5.41, 5.74) is 2.15. The zero-order chi connectivity index (χ0) is 12.9. The monoisotopic (exact) mass is 267 g/mol. The molecule has 0 fully saturated rings. The topological polar surface area (TPSA) is 22.1 Å². The van der Waals surface area contributed by atoms with Crippen LogP contribution in [0.3, 0.4) is 0 Å². The molecule has 3 heteroatoms. The summed E-state index contributed by atoms with van der Waals surface area (Å²) in [6.07, 6.45) is 0. The number of hydrogen-bond donors (Lipinski definition) is 0. The smallest absolute Gasteiger partial charge is 0.140 e. The van der Waals surface area contributed by atoms with E-state index in [1.165, 1.54) is 0 Å². The summed E-state index contributed by atoms with van der Waals surface area (Å²) in [6, 6.07) is 20.0. The maximum Gasteiger partial charge on any atom is 0.140 e. The van der Waals surface area contributed by atoms with E-state index in [9.17, 15) is 0 Å². The highest BCUT2D eigenvalue weighted by molar-refractivity contribution is 7.09. The largest absolute Gasteiger partial charge is 0.486 e. The summed E-state index contributed by atoms with van der Waals surface area (Å²) in [4.78, 5) is 4.59. The van der Waals surface area contributed by atoms with Gasteiger partial charge in [0.1, 0.15) is 17.4 Å². The molecule has 0 aliphatic heterocycles. The molecule has 1 aromatic heterocycles. The van der Waals surface area contributed by atoms with Gasteiger partial charge in [0.05, 0.1) is 5.69 Å². The van der Waals surface area contributed by atoms with E-state index < -0.39 is 0 Å². The molecule has 19 heavy (non-hydrogen) atoms. The molecule has 2 aromatic carbocycles. The van der Waals surface area contributed by atoms with Crippen LogP contribution in [0.1, 0.15) is 5.01 Å². The SMILES string of the molecule is c1ccc(OCc2nc(-c3ccccc3)cs2)cc1. The van der Waals surface area contributed by atoms with Crippen LogP contribution in [-0.4, -0.2) is 4.98 Å². The average molecular weight is 267 g/mol. The molecule has 0 bridgehead atoms. The molecule has 0 aliphatic carbocycles. The highest BCUT2D eigenvalue weighted by Gasteiger charge is 2.04. The predicted molar refractivity (Wildman–Crippen MR) is 78.3 cm³/mol. The lowest BCUT2D eigenvalue weighted by Crippen LogP contribution is -1.94. The van der Waals surface area contributed by atoms with Crippen molar-refractivity contribution in [2.45, 2.75) is 6.61 Å². The van der Waals surface area contributed by atoms with Gasteiger partial charge in [-0.2, -0.15) is 0 Å². The van der Waals surface area contributed by atoms with Gasteiger partial charge in [-0.05, 0) is 12.1 Å². The van der Waals surface area contributed by atoms with Crippen LogP contribution in [0.5, 0.6) is 5.75 Å². The highest BCUT2D eigenvalue weighted by atomic mass is 32.1. The minimum atomic E-state index is 0.515. The third-order valence-corrected chi connectivity index (χ3v) is 3.55. The normalized spacial score (nSPS) is 10.3. The van der Waals surface area contributed by atoms with Gasteiger partial charge in [0.15, 0.2) is 0 Å². The summed E-state index contributed by atoms with van der Waals surface area (Å²) in [5.74, 6) is 0.874. The molecule has 0 amide bonds. The minimum absolute atomic E-state index is 0.515. The van der Waals surface area contributed by atoms with Crippen molar-refractivity contribution in [1.82, 2.24) is 4.98 Å². The second-order valence-electron chi connectivity index (χ2n) is 4.09. The molecule has 0 atom stereocenters. The van der Waals surface area contributed by atoms with Gasteiger partial charge in [-0.15, -0.1) is 11.3 Å². The number of nitrogens with zero attached hydrogens (tertiary/aromatic N) is 1. The van der Waals surface area contributed by atoms with Gasteiger partial charge in [-0.1, -0.05) is 48.5 Å². The van der Waals surface area contributed by atoms with Crippen LogP contribution in [0, 0.1) is 0 Å². The number of benzene rings is 2. The highest BCUT2D eigenvalue weighted by Crippen LogP contribution is 2.22. The van der Waals surface area contributed by atoms with Crippen LogP contribution in [-0.2, 0) is 6.61 Å². The number of rotatable bonds is 4. The van der Waals surface area contributed by atoms with Crippen molar-refractivity contribution in [3.63, 3.8) is 0 Å². The fourth-order valence-corrected chi connectivity index (χ4v) is 2.49. The fourth-order valence-electron chi connectivity index (χ4n) is 1.78. The predicted octanol–water partition coefficient (Wildman–Crippen LogP) is 4.39. The molecule has 3 aromatic rings.